The van der Waals surface area contributed by atoms with Crippen LogP contribution >= 0.6 is 0 Å². The predicted octanol–water partition coefficient (Wildman–Crippen LogP) is -0.0948. The van der Waals surface area contributed by atoms with E-state index >= 15 is 0 Å². The number of nitrogens with one attached hydrogen (secondary N) is 2. The quantitative estimate of drug-likeness (QED) is 0.711. The lowest BCUT2D eigenvalue weighted by Gasteiger charge is -2.24. The molecule has 5 heteroatoms. The number of rotatable bonds is 4. The van der Waals surface area contributed by atoms with Gasteiger partial charge in [0.05, 0.1) is 11.5 Å². The molecule has 0 aromatic carbocycles. The number of hydrogen-bond acceptors (Lipinski definition) is 4. The molecule has 4 nitrogen and oxygen atoms in total. The van der Waals surface area contributed by atoms with E-state index in [1.54, 1.807) is 0 Å². The van der Waals surface area contributed by atoms with Crippen LogP contribution in [-0.4, -0.2) is 44.6 Å². The molecule has 0 bridgehead atoms. The van der Waals surface area contributed by atoms with Gasteiger partial charge in [0.2, 0.25) is 0 Å². The molecule has 1 unspecified atom stereocenters. The Morgan fingerprint density at radius 2 is 2.20 bits per heavy atom. The van der Waals surface area contributed by atoms with E-state index in [1.165, 1.54) is 12.8 Å². The number of sulfone groups is 1. The standard InChI is InChI=1S/C10H20N2O2S/c1-10(3-4-10)12-5-2-9-8-15(13,14)7-6-11-9/h9,11-12H,2-8H2,1H3. The monoisotopic (exact) mass is 232 g/mol. The van der Waals surface area contributed by atoms with E-state index in [9.17, 15) is 8.42 Å². The highest BCUT2D eigenvalue weighted by atomic mass is 32.2. The summed E-state index contributed by atoms with van der Waals surface area (Å²) in [5.74, 6) is 0.611. The molecular formula is C10H20N2O2S. The van der Waals surface area contributed by atoms with Crippen LogP contribution in [0.25, 0.3) is 0 Å². The van der Waals surface area contributed by atoms with Gasteiger partial charge in [-0.3, -0.25) is 0 Å². The van der Waals surface area contributed by atoms with Crippen molar-refractivity contribution in [2.45, 2.75) is 37.8 Å². The molecule has 0 aromatic heterocycles. The van der Waals surface area contributed by atoms with Crippen molar-refractivity contribution in [2.24, 2.45) is 0 Å². The third-order valence-corrected chi connectivity index (χ3v) is 5.08. The Kier molecular flexibility index (Phi) is 3.05. The molecule has 0 amide bonds. The van der Waals surface area contributed by atoms with Crippen LogP contribution < -0.4 is 10.6 Å². The Hall–Kier alpha value is -0.130. The highest BCUT2D eigenvalue weighted by Gasteiger charge is 2.36. The molecule has 2 fully saturated rings. The molecule has 2 N–H and O–H groups in total. The van der Waals surface area contributed by atoms with E-state index in [4.69, 9.17) is 0 Å². The Morgan fingerprint density at radius 1 is 1.47 bits per heavy atom. The summed E-state index contributed by atoms with van der Waals surface area (Å²) in [6.07, 6.45) is 3.42. The second-order valence-electron chi connectivity index (χ2n) is 5.04. The highest BCUT2D eigenvalue weighted by molar-refractivity contribution is 7.91. The van der Waals surface area contributed by atoms with Gasteiger partial charge in [0.25, 0.3) is 0 Å². The van der Waals surface area contributed by atoms with Crippen molar-refractivity contribution in [1.29, 1.82) is 0 Å². The molecule has 1 heterocycles. The smallest absolute Gasteiger partial charge is 0.153 e. The molecule has 1 saturated carbocycles. The van der Waals surface area contributed by atoms with Crippen molar-refractivity contribution in [3.05, 3.63) is 0 Å². The van der Waals surface area contributed by atoms with Crippen molar-refractivity contribution in [3.8, 4) is 0 Å². The van der Waals surface area contributed by atoms with Gasteiger partial charge >= 0.3 is 0 Å². The lowest BCUT2D eigenvalue weighted by atomic mass is 10.2. The molecule has 0 spiro atoms. The lowest BCUT2D eigenvalue weighted by Crippen LogP contribution is -2.46. The van der Waals surface area contributed by atoms with E-state index in [1.807, 2.05) is 0 Å². The molecule has 1 aliphatic carbocycles. The minimum atomic E-state index is -2.77. The van der Waals surface area contributed by atoms with Gasteiger partial charge in [0.15, 0.2) is 9.84 Å². The number of hydrogen-bond donors (Lipinski definition) is 2. The van der Waals surface area contributed by atoms with Gasteiger partial charge in [-0.05, 0) is 32.7 Å². The molecule has 1 atom stereocenters. The van der Waals surface area contributed by atoms with Crippen molar-refractivity contribution >= 4 is 9.84 Å². The Morgan fingerprint density at radius 3 is 2.80 bits per heavy atom. The van der Waals surface area contributed by atoms with Crippen molar-refractivity contribution < 1.29 is 8.42 Å². The summed E-state index contributed by atoms with van der Waals surface area (Å²) in [4.78, 5) is 0. The van der Waals surface area contributed by atoms with Crippen molar-refractivity contribution in [3.63, 3.8) is 0 Å². The maximum Gasteiger partial charge on any atom is 0.153 e. The first-order chi connectivity index (χ1) is 6.99. The van der Waals surface area contributed by atoms with E-state index in [2.05, 4.69) is 17.6 Å². The zero-order valence-corrected chi connectivity index (χ0v) is 10.1. The van der Waals surface area contributed by atoms with Gasteiger partial charge in [0, 0.05) is 18.1 Å². The van der Waals surface area contributed by atoms with Crippen molar-refractivity contribution in [2.75, 3.05) is 24.6 Å². The summed E-state index contributed by atoms with van der Waals surface area (Å²) in [7, 11) is -2.77. The van der Waals surface area contributed by atoms with E-state index < -0.39 is 9.84 Å². The maximum atomic E-state index is 11.4. The largest absolute Gasteiger partial charge is 0.312 e. The average Bonchev–Trinajstić information content (AvgIpc) is 2.82. The SMILES string of the molecule is CC1(NCCC2CS(=O)(=O)CCN2)CC1. The van der Waals surface area contributed by atoms with E-state index in [0.717, 1.165) is 13.0 Å². The molecular weight excluding hydrogens is 212 g/mol. The summed E-state index contributed by atoms with van der Waals surface area (Å²) >= 11 is 0. The average molecular weight is 232 g/mol. The van der Waals surface area contributed by atoms with Crippen molar-refractivity contribution in [1.82, 2.24) is 10.6 Å². The zero-order valence-electron chi connectivity index (χ0n) is 9.25. The molecule has 1 saturated heterocycles. The normalized spacial score (nSPS) is 32.5. The van der Waals surface area contributed by atoms with Crippen LogP contribution in [0.3, 0.4) is 0 Å². The fourth-order valence-electron chi connectivity index (χ4n) is 1.97. The molecule has 2 aliphatic rings. The topological polar surface area (TPSA) is 58.2 Å². The van der Waals surface area contributed by atoms with Gasteiger partial charge in [-0.1, -0.05) is 0 Å². The fraction of sp³-hybridized carbons (Fsp3) is 1.00. The van der Waals surface area contributed by atoms with Crippen LogP contribution in [0.4, 0.5) is 0 Å². The van der Waals surface area contributed by atoms with Gasteiger partial charge in [-0.15, -0.1) is 0 Å². The first-order valence-corrected chi connectivity index (χ1v) is 7.50. The van der Waals surface area contributed by atoms with E-state index in [-0.39, 0.29) is 6.04 Å². The first-order valence-electron chi connectivity index (χ1n) is 5.68. The van der Waals surface area contributed by atoms with Crippen LogP contribution in [0.5, 0.6) is 0 Å². The second kappa shape index (κ2) is 4.03. The Labute approximate surface area is 91.7 Å². The van der Waals surface area contributed by atoms with Gasteiger partial charge in [-0.25, -0.2) is 8.42 Å². The zero-order chi connectivity index (χ0) is 10.9. The van der Waals surface area contributed by atoms with Crippen LogP contribution in [0.1, 0.15) is 26.2 Å². The Bertz CT molecular complexity index is 322. The molecule has 0 radical (unpaired) electrons. The van der Waals surface area contributed by atoms with E-state index in [0.29, 0.717) is 23.6 Å². The van der Waals surface area contributed by atoms with Gasteiger partial charge in [0.1, 0.15) is 0 Å². The summed E-state index contributed by atoms with van der Waals surface area (Å²) in [6.45, 7) is 3.76. The van der Waals surface area contributed by atoms with Crippen LogP contribution in [0, 0.1) is 0 Å². The summed E-state index contributed by atoms with van der Waals surface area (Å²) in [5.41, 5.74) is 0.355. The second-order valence-corrected chi connectivity index (χ2v) is 7.27. The van der Waals surface area contributed by atoms with Crippen LogP contribution in [-0.2, 0) is 9.84 Å². The first kappa shape index (κ1) is 11.4. The molecule has 2 rings (SSSR count). The minimum absolute atomic E-state index is 0.151. The lowest BCUT2D eigenvalue weighted by molar-refractivity contribution is 0.452. The highest BCUT2D eigenvalue weighted by Crippen LogP contribution is 2.34. The molecule has 15 heavy (non-hydrogen) atoms. The molecule has 0 aromatic rings. The minimum Gasteiger partial charge on any atom is -0.312 e. The van der Waals surface area contributed by atoms with Crippen LogP contribution in [0.2, 0.25) is 0 Å². The van der Waals surface area contributed by atoms with Gasteiger partial charge in [-0.2, -0.15) is 0 Å². The summed E-state index contributed by atoms with van der Waals surface area (Å²) < 4.78 is 22.7. The third kappa shape index (κ3) is 3.43. The third-order valence-electron chi connectivity index (χ3n) is 3.35. The summed E-state index contributed by atoms with van der Waals surface area (Å²) in [6, 6.07) is 0.151. The predicted molar refractivity (Wildman–Crippen MR) is 60.7 cm³/mol. The molecule has 88 valence electrons. The maximum absolute atomic E-state index is 11.4. The molecule has 1 aliphatic heterocycles. The Balaban J connectivity index is 1.70. The van der Waals surface area contributed by atoms with Crippen LogP contribution in [0.15, 0.2) is 0 Å². The van der Waals surface area contributed by atoms with Gasteiger partial charge < -0.3 is 10.6 Å². The fourth-order valence-corrected chi connectivity index (χ4v) is 3.46. The summed E-state index contributed by atoms with van der Waals surface area (Å²) in [5, 5.41) is 6.74.